The van der Waals surface area contributed by atoms with Crippen LogP contribution in [0.4, 0.5) is 0 Å². The van der Waals surface area contributed by atoms with E-state index in [1.54, 1.807) is 11.8 Å². The molecule has 0 saturated heterocycles. The molecule has 0 radical (unpaired) electrons. The zero-order valence-electron chi connectivity index (χ0n) is 8.69. The van der Waals surface area contributed by atoms with Crippen molar-refractivity contribution >= 4 is 11.8 Å². The predicted octanol–water partition coefficient (Wildman–Crippen LogP) is 1.60. The Labute approximate surface area is 88.6 Å². The van der Waals surface area contributed by atoms with Gasteiger partial charge in [-0.05, 0) is 26.0 Å². The molecule has 0 saturated carbocycles. The van der Waals surface area contributed by atoms with Crippen LogP contribution < -0.4 is 5.73 Å². The van der Waals surface area contributed by atoms with Crippen LogP contribution in [0.15, 0.2) is 4.52 Å². The Kier molecular flexibility index (Phi) is 4.97. The summed E-state index contributed by atoms with van der Waals surface area (Å²) < 4.78 is 5.08. The highest BCUT2D eigenvalue weighted by molar-refractivity contribution is 7.97. The average molecular weight is 215 g/mol. The molecule has 1 unspecified atom stereocenters. The van der Waals surface area contributed by atoms with Crippen molar-refractivity contribution in [3.05, 3.63) is 11.7 Å². The van der Waals surface area contributed by atoms with Crippen LogP contribution in [0.5, 0.6) is 0 Å². The monoisotopic (exact) mass is 215 g/mol. The van der Waals surface area contributed by atoms with Crippen molar-refractivity contribution in [2.75, 3.05) is 6.26 Å². The Morgan fingerprint density at radius 3 is 3.00 bits per heavy atom. The Balaban J connectivity index is 2.28. The van der Waals surface area contributed by atoms with Crippen molar-refractivity contribution in [3.8, 4) is 0 Å². The fraction of sp³-hybridized carbons (Fsp3) is 0.778. The lowest BCUT2D eigenvalue weighted by molar-refractivity contribution is 0.369. The number of hydrogen-bond acceptors (Lipinski definition) is 5. The molecule has 0 amide bonds. The van der Waals surface area contributed by atoms with E-state index in [1.807, 2.05) is 13.2 Å². The number of aromatic nitrogens is 2. The van der Waals surface area contributed by atoms with E-state index in [-0.39, 0.29) is 6.04 Å². The first-order valence-corrected chi connectivity index (χ1v) is 6.17. The lowest BCUT2D eigenvalue weighted by atomic mass is 10.1. The third-order valence-electron chi connectivity index (χ3n) is 1.83. The third kappa shape index (κ3) is 4.11. The highest BCUT2D eigenvalue weighted by Gasteiger charge is 2.05. The Morgan fingerprint density at radius 1 is 1.57 bits per heavy atom. The number of nitrogens with zero attached hydrogens (tertiary/aromatic N) is 2. The van der Waals surface area contributed by atoms with Crippen molar-refractivity contribution in [1.29, 1.82) is 0 Å². The molecule has 1 aromatic rings. The summed E-state index contributed by atoms with van der Waals surface area (Å²) in [6, 6.07) is 0.253. The zero-order chi connectivity index (χ0) is 10.4. The van der Waals surface area contributed by atoms with E-state index in [0.717, 1.165) is 36.7 Å². The lowest BCUT2D eigenvalue weighted by Crippen LogP contribution is -2.14. The molecule has 0 aliphatic carbocycles. The predicted molar refractivity (Wildman–Crippen MR) is 58.1 cm³/mol. The zero-order valence-corrected chi connectivity index (χ0v) is 9.51. The summed E-state index contributed by atoms with van der Waals surface area (Å²) in [6.07, 6.45) is 4.87. The van der Waals surface area contributed by atoms with Crippen molar-refractivity contribution in [1.82, 2.24) is 10.1 Å². The summed E-state index contributed by atoms with van der Waals surface area (Å²) in [7, 11) is 0. The first-order chi connectivity index (χ1) is 6.72. The molecule has 1 aromatic heterocycles. The minimum Gasteiger partial charge on any atom is -0.339 e. The van der Waals surface area contributed by atoms with Crippen LogP contribution in [0.25, 0.3) is 0 Å². The third-order valence-corrected chi connectivity index (χ3v) is 2.38. The van der Waals surface area contributed by atoms with Gasteiger partial charge in [-0.3, -0.25) is 0 Å². The maximum Gasteiger partial charge on any atom is 0.226 e. The molecule has 1 rings (SSSR count). The molecule has 5 heteroatoms. The largest absolute Gasteiger partial charge is 0.339 e. The molecule has 0 spiro atoms. The van der Waals surface area contributed by atoms with Crippen LogP contribution in [0.2, 0.25) is 0 Å². The van der Waals surface area contributed by atoms with Crippen LogP contribution in [0.1, 0.15) is 31.5 Å². The molecule has 0 bridgehead atoms. The van der Waals surface area contributed by atoms with E-state index >= 15 is 0 Å². The normalized spacial score (nSPS) is 13.1. The van der Waals surface area contributed by atoms with Crippen molar-refractivity contribution < 1.29 is 4.52 Å². The van der Waals surface area contributed by atoms with Gasteiger partial charge in [-0.2, -0.15) is 16.7 Å². The first kappa shape index (κ1) is 11.5. The second-order valence-electron chi connectivity index (χ2n) is 3.41. The summed E-state index contributed by atoms with van der Waals surface area (Å²) in [5, 5.41) is 3.87. The molecule has 0 fully saturated rings. The van der Waals surface area contributed by atoms with Crippen LogP contribution in [0.3, 0.4) is 0 Å². The van der Waals surface area contributed by atoms with Crippen LogP contribution in [-0.4, -0.2) is 22.4 Å². The van der Waals surface area contributed by atoms with Gasteiger partial charge in [-0.25, -0.2) is 0 Å². The smallest absolute Gasteiger partial charge is 0.226 e. The standard InChI is InChI=1S/C9H17N3OS/c1-7(10)4-3-5-9-11-8(6-14-2)12-13-9/h7H,3-6,10H2,1-2H3. The quantitative estimate of drug-likeness (QED) is 0.781. The highest BCUT2D eigenvalue weighted by Crippen LogP contribution is 2.08. The fourth-order valence-corrected chi connectivity index (χ4v) is 1.53. The van der Waals surface area contributed by atoms with E-state index in [2.05, 4.69) is 10.1 Å². The minimum atomic E-state index is 0.253. The van der Waals surface area contributed by atoms with Gasteiger partial charge in [0.15, 0.2) is 5.82 Å². The number of rotatable bonds is 6. The molecule has 0 aliphatic heterocycles. The maximum atomic E-state index is 5.64. The molecular formula is C9H17N3OS. The summed E-state index contributed by atoms with van der Waals surface area (Å²) in [6.45, 7) is 2.01. The summed E-state index contributed by atoms with van der Waals surface area (Å²) in [5.74, 6) is 2.33. The minimum absolute atomic E-state index is 0.253. The number of aryl methyl sites for hydroxylation is 1. The van der Waals surface area contributed by atoms with E-state index in [1.165, 1.54) is 0 Å². The van der Waals surface area contributed by atoms with Gasteiger partial charge in [0.2, 0.25) is 5.89 Å². The second kappa shape index (κ2) is 6.03. The Hall–Kier alpha value is -0.550. The van der Waals surface area contributed by atoms with Gasteiger partial charge in [-0.15, -0.1) is 0 Å². The Morgan fingerprint density at radius 2 is 2.36 bits per heavy atom. The number of hydrogen-bond donors (Lipinski definition) is 1. The molecule has 0 aliphatic rings. The molecule has 0 aromatic carbocycles. The van der Waals surface area contributed by atoms with E-state index in [4.69, 9.17) is 10.3 Å². The van der Waals surface area contributed by atoms with Crippen LogP contribution >= 0.6 is 11.8 Å². The van der Waals surface area contributed by atoms with Gasteiger partial charge in [0.25, 0.3) is 0 Å². The first-order valence-electron chi connectivity index (χ1n) is 4.78. The van der Waals surface area contributed by atoms with Gasteiger partial charge >= 0.3 is 0 Å². The average Bonchev–Trinajstić information content (AvgIpc) is 2.53. The maximum absolute atomic E-state index is 5.64. The molecule has 4 nitrogen and oxygen atoms in total. The van der Waals surface area contributed by atoms with Gasteiger partial charge in [0.05, 0.1) is 5.75 Å². The van der Waals surface area contributed by atoms with Crippen molar-refractivity contribution in [3.63, 3.8) is 0 Å². The van der Waals surface area contributed by atoms with E-state index < -0.39 is 0 Å². The molecular weight excluding hydrogens is 198 g/mol. The molecule has 14 heavy (non-hydrogen) atoms. The van der Waals surface area contributed by atoms with Gasteiger partial charge in [0, 0.05) is 12.5 Å². The van der Waals surface area contributed by atoms with Gasteiger partial charge < -0.3 is 10.3 Å². The second-order valence-corrected chi connectivity index (χ2v) is 4.27. The lowest BCUT2D eigenvalue weighted by Gasteiger charge is -2.00. The molecule has 80 valence electrons. The summed E-state index contributed by atoms with van der Waals surface area (Å²) in [5.41, 5.74) is 5.64. The topological polar surface area (TPSA) is 64.9 Å². The molecule has 1 atom stereocenters. The fourth-order valence-electron chi connectivity index (χ4n) is 1.15. The molecule has 2 N–H and O–H groups in total. The van der Waals surface area contributed by atoms with Crippen LogP contribution in [0, 0.1) is 0 Å². The highest BCUT2D eigenvalue weighted by atomic mass is 32.2. The SMILES string of the molecule is CSCc1noc(CCCC(C)N)n1. The van der Waals surface area contributed by atoms with Gasteiger partial charge in [-0.1, -0.05) is 5.16 Å². The summed E-state index contributed by atoms with van der Waals surface area (Å²) in [4.78, 5) is 4.26. The van der Waals surface area contributed by atoms with E-state index in [9.17, 15) is 0 Å². The van der Waals surface area contributed by atoms with Gasteiger partial charge in [0.1, 0.15) is 0 Å². The molecule has 1 heterocycles. The number of nitrogens with two attached hydrogens (primary N) is 1. The van der Waals surface area contributed by atoms with Crippen LogP contribution in [-0.2, 0) is 12.2 Å². The van der Waals surface area contributed by atoms with E-state index in [0.29, 0.717) is 0 Å². The van der Waals surface area contributed by atoms with Crippen molar-refractivity contribution in [2.24, 2.45) is 5.73 Å². The number of thioether (sulfide) groups is 1. The summed E-state index contributed by atoms with van der Waals surface area (Å²) >= 11 is 1.69. The van der Waals surface area contributed by atoms with Crippen molar-refractivity contribution in [2.45, 2.75) is 38.0 Å². The Bertz CT molecular complexity index is 262.